The third-order valence-corrected chi connectivity index (χ3v) is 16.3. The molecule has 4 rings (SSSR count). The number of rotatable bonds is 8. The molecule has 0 radical (unpaired) electrons. The molecule has 0 fully saturated rings. The monoisotopic (exact) mass is 497 g/mol. The van der Waals surface area contributed by atoms with Crippen molar-refractivity contribution in [1.29, 1.82) is 0 Å². The molecule has 0 atom stereocenters. The minimum Gasteiger partial charge on any atom is -0.413 e. The van der Waals surface area contributed by atoms with Crippen LogP contribution in [0.25, 0.3) is 0 Å². The van der Waals surface area contributed by atoms with Crippen LogP contribution in [-0.2, 0) is 17.2 Å². The zero-order valence-corrected chi connectivity index (χ0v) is 23.6. The summed E-state index contributed by atoms with van der Waals surface area (Å²) in [5, 5.41) is 4.46. The molecule has 180 valence electrons. The van der Waals surface area contributed by atoms with Crippen LogP contribution in [0.1, 0.15) is 31.9 Å². The third-order valence-electron chi connectivity index (χ3n) is 7.44. The summed E-state index contributed by atoms with van der Waals surface area (Å²) >= 11 is 0. The van der Waals surface area contributed by atoms with E-state index >= 15 is 0 Å². The van der Waals surface area contributed by atoms with Gasteiger partial charge < -0.3 is 4.43 Å². The summed E-state index contributed by atoms with van der Waals surface area (Å²) in [6.45, 7) is 12.2. The van der Waals surface area contributed by atoms with E-state index in [0.717, 1.165) is 6.16 Å². The van der Waals surface area contributed by atoms with Crippen LogP contribution < -0.4 is 15.9 Å². The molecule has 0 saturated carbocycles. The molecule has 0 heterocycles. The van der Waals surface area contributed by atoms with Gasteiger partial charge in [0.15, 0.2) is 8.32 Å². The second-order valence-corrected chi connectivity index (χ2v) is 19.1. The van der Waals surface area contributed by atoms with Crippen LogP contribution in [0.2, 0.25) is 18.1 Å². The Kier molecular flexibility index (Phi) is 7.76. The third kappa shape index (κ3) is 5.67. The molecule has 0 aromatic heterocycles. The fraction of sp³-hybridized carbons (Fsp3) is 0.250. The lowest BCUT2D eigenvalue weighted by Gasteiger charge is -2.36. The fourth-order valence-electron chi connectivity index (χ4n) is 4.27. The molecular weight excluding hydrogens is 459 g/mol. The highest BCUT2D eigenvalue weighted by Crippen LogP contribution is 2.58. The average molecular weight is 498 g/mol. The Balaban J connectivity index is 1.78. The molecule has 3 heteroatoms. The predicted octanol–water partition coefficient (Wildman–Crippen LogP) is 7.70. The second-order valence-electron chi connectivity index (χ2n) is 10.8. The van der Waals surface area contributed by atoms with E-state index in [9.17, 15) is 0 Å². The zero-order chi connectivity index (χ0) is 24.9. The van der Waals surface area contributed by atoms with E-state index in [1.54, 1.807) is 0 Å². The van der Waals surface area contributed by atoms with Gasteiger partial charge in [-0.3, -0.25) is 0 Å². The van der Waals surface area contributed by atoms with Gasteiger partial charge in [-0.05, 0) is 65.7 Å². The molecule has 35 heavy (non-hydrogen) atoms. The highest BCUT2D eigenvalue weighted by Gasteiger charge is 2.45. The molecule has 0 aliphatic carbocycles. The van der Waals surface area contributed by atoms with Gasteiger partial charge >= 0.3 is 0 Å². The van der Waals surface area contributed by atoms with E-state index in [2.05, 4.69) is 149 Å². The Morgan fingerprint density at radius 2 is 1.00 bits per heavy atom. The summed E-state index contributed by atoms with van der Waals surface area (Å²) in [5.41, 5.74) is 2.62. The van der Waals surface area contributed by atoms with E-state index in [4.69, 9.17) is 4.43 Å². The summed E-state index contributed by atoms with van der Waals surface area (Å²) < 4.78 is 6.52. The van der Waals surface area contributed by atoms with Crippen molar-refractivity contribution < 1.29 is 4.43 Å². The predicted molar refractivity (Wildman–Crippen MR) is 157 cm³/mol. The summed E-state index contributed by atoms with van der Waals surface area (Å²) in [4.78, 5) is 0. The van der Waals surface area contributed by atoms with Gasteiger partial charge in [-0.25, -0.2) is 0 Å². The molecule has 0 saturated heterocycles. The van der Waals surface area contributed by atoms with Crippen LogP contribution in [0.5, 0.6) is 0 Å². The van der Waals surface area contributed by atoms with Gasteiger partial charge in [-0.1, -0.05) is 99.6 Å². The summed E-state index contributed by atoms with van der Waals surface area (Å²) in [7, 11) is -3.69. The van der Waals surface area contributed by atoms with Crippen molar-refractivity contribution in [2.24, 2.45) is 0 Å². The molecule has 0 aliphatic heterocycles. The molecule has 0 unspecified atom stereocenters. The average Bonchev–Trinajstić information content (AvgIpc) is 2.87. The molecule has 0 aliphatic rings. The Labute approximate surface area is 213 Å². The first-order valence-corrected chi connectivity index (χ1v) is 17.4. The van der Waals surface area contributed by atoms with E-state index < -0.39 is 15.6 Å². The smallest absolute Gasteiger partial charge is 0.192 e. The van der Waals surface area contributed by atoms with Crippen molar-refractivity contribution >= 4 is 31.5 Å². The second kappa shape index (κ2) is 10.6. The van der Waals surface area contributed by atoms with Crippen LogP contribution in [-0.4, -0.2) is 8.32 Å². The maximum atomic E-state index is 6.52. The fourth-order valence-corrected chi connectivity index (χ4v) is 9.45. The van der Waals surface area contributed by atoms with Gasteiger partial charge in [-0.15, -0.1) is 0 Å². The van der Waals surface area contributed by atoms with Crippen LogP contribution in [0.4, 0.5) is 0 Å². The largest absolute Gasteiger partial charge is 0.413 e. The quantitative estimate of drug-likeness (QED) is 0.179. The summed E-state index contributed by atoms with van der Waals surface area (Å²) in [6.07, 6.45) is 1.00. The first-order valence-electron chi connectivity index (χ1n) is 12.5. The van der Waals surface area contributed by atoms with Crippen molar-refractivity contribution in [3.05, 3.63) is 126 Å². The molecule has 0 N–H and O–H groups in total. The molecule has 0 amide bonds. The lowest BCUT2D eigenvalue weighted by Crippen LogP contribution is -2.40. The van der Waals surface area contributed by atoms with Gasteiger partial charge in [0.25, 0.3) is 0 Å². The zero-order valence-electron chi connectivity index (χ0n) is 21.7. The van der Waals surface area contributed by atoms with E-state index in [-0.39, 0.29) is 5.04 Å². The Bertz CT molecular complexity index is 1160. The van der Waals surface area contributed by atoms with Gasteiger partial charge in [0.05, 0.1) is 12.8 Å². The summed E-state index contributed by atoms with van der Waals surface area (Å²) in [5.74, 6) is 0. The molecular formula is C32H38OPSi+. The SMILES string of the molecule is CC(C)(C)[Si](C)(C)OCc1ccc([P+](Cc2ccccc2)(c2ccccc2)c2ccccc2)cc1. The van der Waals surface area contributed by atoms with Crippen LogP contribution in [0, 0.1) is 0 Å². The summed E-state index contributed by atoms with van der Waals surface area (Å²) in [6, 6.07) is 42.5. The normalized spacial score (nSPS) is 12.5. The Morgan fingerprint density at radius 3 is 1.46 bits per heavy atom. The van der Waals surface area contributed by atoms with Crippen molar-refractivity contribution in [2.75, 3.05) is 0 Å². The topological polar surface area (TPSA) is 9.23 Å². The highest BCUT2D eigenvalue weighted by molar-refractivity contribution is 7.95. The highest BCUT2D eigenvalue weighted by atomic mass is 31.2. The first-order chi connectivity index (χ1) is 16.7. The molecule has 1 nitrogen and oxygen atoms in total. The minimum atomic E-state index is -1.91. The van der Waals surface area contributed by atoms with Crippen LogP contribution in [0.3, 0.4) is 0 Å². The maximum Gasteiger partial charge on any atom is 0.192 e. The van der Waals surface area contributed by atoms with Gasteiger partial charge in [0.2, 0.25) is 0 Å². The van der Waals surface area contributed by atoms with E-state index in [1.165, 1.54) is 27.0 Å². The van der Waals surface area contributed by atoms with Crippen LogP contribution >= 0.6 is 7.26 Å². The minimum absolute atomic E-state index is 0.212. The molecule has 4 aromatic rings. The Hall–Kier alpha value is -2.51. The molecule has 4 aromatic carbocycles. The van der Waals surface area contributed by atoms with Crippen molar-refractivity contribution in [3.63, 3.8) is 0 Å². The molecule has 0 spiro atoms. The molecule has 0 bridgehead atoms. The van der Waals surface area contributed by atoms with Crippen molar-refractivity contribution in [1.82, 2.24) is 0 Å². The van der Waals surface area contributed by atoms with Crippen molar-refractivity contribution in [3.8, 4) is 0 Å². The van der Waals surface area contributed by atoms with E-state index in [0.29, 0.717) is 6.61 Å². The number of benzene rings is 4. The number of hydrogen-bond donors (Lipinski definition) is 0. The lowest BCUT2D eigenvalue weighted by molar-refractivity contribution is 0.276. The van der Waals surface area contributed by atoms with E-state index in [1.807, 2.05) is 0 Å². The maximum absolute atomic E-state index is 6.52. The van der Waals surface area contributed by atoms with Crippen molar-refractivity contribution in [2.45, 2.75) is 51.7 Å². The van der Waals surface area contributed by atoms with Crippen LogP contribution in [0.15, 0.2) is 115 Å². The van der Waals surface area contributed by atoms with Gasteiger partial charge in [0.1, 0.15) is 23.2 Å². The lowest BCUT2D eigenvalue weighted by atomic mass is 10.2. The first kappa shape index (κ1) is 25.6. The van der Waals surface area contributed by atoms with Gasteiger partial charge in [-0.2, -0.15) is 0 Å². The van der Waals surface area contributed by atoms with Gasteiger partial charge in [0, 0.05) is 0 Å². The standard InChI is InChI=1S/C32H38OPSi/c1-32(2,3)35(4,5)33-25-27-21-23-31(24-22-27)34(29-17-11-7-12-18-29,30-19-13-8-14-20-30)26-28-15-9-6-10-16-28/h6-24H,25-26H2,1-5H3/q+1. The Morgan fingerprint density at radius 1 is 0.571 bits per heavy atom. The number of hydrogen-bond acceptors (Lipinski definition) is 1.